The third kappa shape index (κ3) is 2.52. The highest BCUT2D eigenvalue weighted by atomic mass is 16.4. The van der Waals surface area contributed by atoms with E-state index >= 15 is 0 Å². The smallest absolute Gasteiger partial charge is 0.323 e. The molecule has 0 atom stereocenters. The number of carboxylic acid groups (broad SMARTS) is 1. The Balaban J connectivity index is 2.22. The van der Waals surface area contributed by atoms with Crippen LogP contribution < -0.4 is 0 Å². The monoisotopic (exact) mass is 236 g/mol. The molecule has 0 radical (unpaired) electrons. The Morgan fingerprint density at radius 1 is 1.47 bits per heavy atom. The number of carbonyl (C=O) groups excluding carboxylic acids is 1. The molecule has 1 aliphatic carbocycles. The molecule has 1 aliphatic rings. The topological polar surface area (TPSA) is 90.7 Å². The first kappa shape index (κ1) is 11.4. The molecule has 0 spiro atoms. The summed E-state index contributed by atoms with van der Waals surface area (Å²) in [6.45, 7) is -0.362. The third-order valence-corrected chi connectivity index (χ3v) is 2.54. The Morgan fingerprint density at radius 3 is 2.71 bits per heavy atom. The number of carbonyl (C=O) groups is 2. The van der Waals surface area contributed by atoms with Crippen molar-refractivity contribution in [3.8, 4) is 5.75 Å². The molecule has 2 rings (SSSR count). The number of hydrogen-bond acceptors (Lipinski definition) is 4. The van der Waals surface area contributed by atoms with Crippen LogP contribution in [0.5, 0.6) is 5.75 Å². The van der Waals surface area contributed by atoms with Crippen LogP contribution in [-0.2, 0) is 4.79 Å². The van der Waals surface area contributed by atoms with Crippen molar-refractivity contribution < 1.29 is 19.8 Å². The number of pyridine rings is 1. The minimum atomic E-state index is -1.07. The van der Waals surface area contributed by atoms with E-state index < -0.39 is 11.9 Å². The number of aromatic hydroxyl groups is 1. The molecule has 6 nitrogen and oxygen atoms in total. The summed E-state index contributed by atoms with van der Waals surface area (Å²) >= 11 is 0. The summed E-state index contributed by atoms with van der Waals surface area (Å²) < 4.78 is 0. The summed E-state index contributed by atoms with van der Waals surface area (Å²) in [6.07, 6.45) is 2.98. The van der Waals surface area contributed by atoms with Crippen LogP contribution in [0.1, 0.15) is 23.3 Å². The molecule has 0 bridgehead atoms. The first-order valence-electron chi connectivity index (χ1n) is 5.26. The number of aromatic nitrogens is 1. The van der Waals surface area contributed by atoms with Gasteiger partial charge in [-0.05, 0) is 25.0 Å². The van der Waals surface area contributed by atoms with E-state index in [1.807, 2.05) is 0 Å². The van der Waals surface area contributed by atoms with Gasteiger partial charge in [0.15, 0.2) is 5.69 Å². The Kier molecular flexibility index (Phi) is 2.95. The van der Waals surface area contributed by atoms with Crippen molar-refractivity contribution in [3.63, 3.8) is 0 Å². The van der Waals surface area contributed by atoms with E-state index in [0.717, 1.165) is 12.8 Å². The van der Waals surface area contributed by atoms with Gasteiger partial charge in [-0.1, -0.05) is 0 Å². The van der Waals surface area contributed by atoms with Gasteiger partial charge < -0.3 is 15.1 Å². The van der Waals surface area contributed by atoms with Gasteiger partial charge in [0.1, 0.15) is 12.3 Å². The van der Waals surface area contributed by atoms with Gasteiger partial charge >= 0.3 is 5.97 Å². The molecule has 1 fully saturated rings. The molecule has 2 N–H and O–H groups in total. The molecule has 1 amide bonds. The molecule has 0 aliphatic heterocycles. The van der Waals surface area contributed by atoms with Crippen LogP contribution in [0.15, 0.2) is 18.3 Å². The van der Waals surface area contributed by atoms with Crippen LogP contribution in [0.2, 0.25) is 0 Å². The molecule has 1 heterocycles. The Morgan fingerprint density at radius 2 is 2.18 bits per heavy atom. The van der Waals surface area contributed by atoms with Gasteiger partial charge in [0.2, 0.25) is 0 Å². The number of carboxylic acids is 1. The second-order valence-electron chi connectivity index (χ2n) is 3.93. The van der Waals surface area contributed by atoms with Gasteiger partial charge in [0.05, 0.1) is 0 Å². The minimum absolute atomic E-state index is 0.0417. The minimum Gasteiger partial charge on any atom is -0.505 e. The average molecular weight is 236 g/mol. The fourth-order valence-corrected chi connectivity index (χ4v) is 1.60. The second-order valence-corrected chi connectivity index (χ2v) is 3.93. The van der Waals surface area contributed by atoms with Crippen LogP contribution in [0, 0.1) is 0 Å². The predicted molar refractivity (Wildman–Crippen MR) is 57.6 cm³/mol. The molecule has 0 aromatic carbocycles. The van der Waals surface area contributed by atoms with Crippen molar-refractivity contribution in [2.24, 2.45) is 0 Å². The molecule has 0 unspecified atom stereocenters. The van der Waals surface area contributed by atoms with Crippen molar-refractivity contribution in [2.75, 3.05) is 6.54 Å². The first-order chi connectivity index (χ1) is 8.09. The van der Waals surface area contributed by atoms with Crippen molar-refractivity contribution in [1.29, 1.82) is 0 Å². The van der Waals surface area contributed by atoms with Gasteiger partial charge in [-0.2, -0.15) is 0 Å². The highest BCUT2D eigenvalue weighted by molar-refractivity contribution is 5.96. The van der Waals surface area contributed by atoms with Crippen LogP contribution in [0.4, 0.5) is 0 Å². The first-order valence-corrected chi connectivity index (χ1v) is 5.26. The number of rotatable bonds is 4. The zero-order valence-electron chi connectivity index (χ0n) is 9.04. The predicted octanol–water partition coefficient (Wildman–Crippen LogP) is 0.476. The largest absolute Gasteiger partial charge is 0.505 e. The average Bonchev–Trinajstić information content (AvgIpc) is 3.09. The van der Waals surface area contributed by atoms with Crippen LogP contribution in [-0.4, -0.2) is 44.6 Å². The zero-order chi connectivity index (χ0) is 12.4. The van der Waals surface area contributed by atoms with Crippen molar-refractivity contribution in [2.45, 2.75) is 18.9 Å². The Bertz CT molecular complexity index is 457. The van der Waals surface area contributed by atoms with E-state index in [0.29, 0.717) is 0 Å². The van der Waals surface area contributed by atoms with Crippen LogP contribution in [0.25, 0.3) is 0 Å². The molecule has 1 aromatic rings. The molecule has 6 heteroatoms. The lowest BCUT2D eigenvalue weighted by Gasteiger charge is -2.19. The quantitative estimate of drug-likeness (QED) is 0.793. The van der Waals surface area contributed by atoms with Gasteiger partial charge in [-0.25, -0.2) is 4.98 Å². The lowest BCUT2D eigenvalue weighted by atomic mass is 10.2. The lowest BCUT2D eigenvalue weighted by molar-refractivity contribution is -0.137. The summed E-state index contributed by atoms with van der Waals surface area (Å²) in [5.41, 5.74) is -0.0966. The van der Waals surface area contributed by atoms with Crippen molar-refractivity contribution in [3.05, 3.63) is 24.0 Å². The van der Waals surface area contributed by atoms with E-state index in [1.165, 1.54) is 23.2 Å². The molecule has 1 saturated carbocycles. The SMILES string of the molecule is O=C(O)CN(C(=O)c1ncccc1O)C1CC1. The van der Waals surface area contributed by atoms with E-state index in [2.05, 4.69) is 4.98 Å². The van der Waals surface area contributed by atoms with Crippen LogP contribution in [0.3, 0.4) is 0 Å². The number of nitrogens with zero attached hydrogens (tertiary/aromatic N) is 2. The van der Waals surface area contributed by atoms with E-state index in [4.69, 9.17) is 5.11 Å². The summed E-state index contributed by atoms with van der Waals surface area (Å²) in [7, 11) is 0. The molecular weight excluding hydrogens is 224 g/mol. The van der Waals surface area contributed by atoms with Gasteiger partial charge in [0, 0.05) is 12.2 Å². The lowest BCUT2D eigenvalue weighted by Crippen LogP contribution is -2.37. The van der Waals surface area contributed by atoms with E-state index in [1.54, 1.807) is 0 Å². The highest BCUT2D eigenvalue weighted by Crippen LogP contribution is 2.29. The zero-order valence-corrected chi connectivity index (χ0v) is 9.04. The van der Waals surface area contributed by atoms with Gasteiger partial charge in [-0.15, -0.1) is 0 Å². The van der Waals surface area contributed by atoms with Gasteiger partial charge in [-0.3, -0.25) is 9.59 Å². The molecular formula is C11H12N2O4. The summed E-state index contributed by atoms with van der Waals surface area (Å²) in [5, 5.41) is 18.3. The van der Waals surface area contributed by atoms with Crippen LogP contribution >= 0.6 is 0 Å². The summed E-state index contributed by atoms with van der Waals surface area (Å²) in [4.78, 5) is 27.7. The Hall–Kier alpha value is -2.11. The molecule has 90 valence electrons. The Labute approximate surface area is 97.5 Å². The van der Waals surface area contributed by atoms with Crippen molar-refractivity contribution >= 4 is 11.9 Å². The normalized spacial score (nSPS) is 14.4. The maximum absolute atomic E-state index is 12.0. The maximum Gasteiger partial charge on any atom is 0.323 e. The van der Waals surface area contributed by atoms with Crippen molar-refractivity contribution in [1.82, 2.24) is 9.88 Å². The fourth-order valence-electron chi connectivity index (χ4n) is 1.60. The van der Waals surface area contributed by atoms with E-state index in [9.17, 15) is 14.7 Å². The number of amides is 1. The number of hydrogen-bond donors (Lipinski definition) is 2. The van der Waals surface area contributed by atoms with E-state index in [-0.39, 0.29) is 24.0 Å². The van der Waals surface area contributed by atoms with Gasteiger partial charge in [0.25, 0.3) is 5.91 Å². The highest BCUT2D eigenvalue weighted by Gasteiger charge is 2.35. The summed E-state index contributed by atoms with van der Waals surface area (Å²) in [5.74, 6) is -1.83. The third-order valence-electron chi connectivity index (χ3n) is 2.54. The second kappa shape index (κ2) is 4.40. The standard InChI is InChI=1S/C11H12N2O4/c14-8-2-1-5-12-10(8)11(17)13(6-9(15)16)7-3-4-7/h1-2,5,7,14H,3-4,6H2,(H,15,16). The fraction of sp³-hybridized carbons (Fsp3) is 0.364. The maximum atomic E-state index is 12.0. The number of aliphatic carboxylic acids is 1. The summed E-state index contributed by atoms with van der Waals surface area (Å²) in [6, 6.07) is 2.82. The molecule has 1 aromatic heterocycles. The molecule has 0 saturated heterocycles. The molecule has 17 heavy (non-hydrogen) atoms.